The zero-order valence-corrected chi connectivity index (χ0v) is 8.88. The molecule has 72 valence electrons. The highest BCUT2D eigenvalue weighted by molar-refractivity contribution is 5.48. The lowest BCUT2D eigenvalue weighted by atomic mass is 10.1. The summed E-state index contributed by atoms with van der Waals surface area (Å²) in [6.07, 6.45) is 1.12. The number of hydrogen-bond donors (Lipinski definition) is 0. The van der Waals surface area contributed by atoms with Crippen molar-refractivity contribution >= 4 is 5.69 Å². The van der Waals surface area contributed by atoms with Crippen molar-refractivity contribution in [3.05, 3.63) is 29.8 Å². The van der Waals surface area contributed by atoms with Crippen LogP contribution in [0.25, 0.3) is 0 Å². The quantitative estimate of drug-likeness (QED) is 0.683. The highest BCUT2D eigenvalue weighted by Gasteiger charge is 2.00. The Balaban J connectivity index is 2.86. The normalized spacial score (nSPS) is 10.1. The lowest BCUT2D eigenvalue weighted by Gasteiger charge is -2.21. The van der Waals surface area contributed by atoms with Crippen molar-refractivity contribution in [2.75, 3.05) is 18.0 Å². The summed E-state index contributed by atoms with van der Waals surface area (Å²) in [5, 5.41) is 0. The van der Waals surface area contributed by atoms with Gasteiger partial charge in [-0.15, -0.1) is 0 Å². The lowest BCUT2D eigenvalue weighted by Crippen LogP contribution is -2.21. The number of nitrogens with zero attached hydrogens (tertiary/aromatic N) is 1. The van der Waals surface area contributed by atoms with E-state index in [1.807, 2.05) is 0 Å². The molecule has 0 atom stereocenters. The van der Waals surface area contributed by atoms with E-state index in [2.05, 4.69) is 49.9 Å². The molecule has 0 amide bonds. The number of benzene rings is 1. The van der Waals surface area contributed by atoms with Gasteiger partial charge in [-0.05, 0) is 38.0 Å². The second-order valence-corrected chi connectivity index (χ2v) is 3.20. The molecule has 1 heteroatoms. The van der Waals surface area contributed by atoms with Crippen molar-refractivity contribution in [2.24, 2.45) is 0 Å². The Kier molecular flexibility index (Phi) is 3.81. The molecule has 0 aromatic heterocycles. The molecule has 1 rings (SSSR count). The smallest absolute Gasteiger partial charge is 0.0368 e. The third-order valence-corrected chi connectivity index (χ3v) is 2.45. The van der Waals surface area contributed by atoms with E-state index in [4.69, 9.17) is 0 Å². The molecule has 0 N–H and O–H groups in total. The van der Waals surface area contributed by atoms with Crippen LogP contribution in [0.3, 0.4) is 0 Å². The van der Waals surface area contributed by atoms with Crippen molar-refractivity contribution < 1.29 is 0 Å². The van der Waals surface area contributed by atoms with E-state index >= 15 is 0 Å². The fraction of sp³-hybridized carbons (Fsp3) is 0.500. The van der Waals surface area contributed by atoms with Crippen molar-refractivity contribution in [1.29, 1.82) is 0 Å². The fourth-order valence-electron chi connectivity index (χ4n) is 1.56. The molecule has 1 nitrogen and oxygen atoms in total. The summed E-state index contributed by atoms with van der Waals surface area (Å²) in [6.45, 7) is 8.76. The Bertz CT molecular complexity index is 251. The molecule has 0 heterocycles. The van der Waals surface area contributed by atoms with Gasteiger partial charge < -0.3 is 4.90 Å². The molecule has 0 radical (unpaired) electrons. The summed E-state index contributed by atoms with van der Waals surface area (Å²) < 4.78 is 0. The summed E-state index contributed by atoms with van der Waals surface area (Å²) in [5.74, 6) is 0. The van der Waals surface area contributed by atoms with Crippen molar-refractivity contribution in [3.8, 4) is 0 Å². The van der Waals surface area contributed by atoms with Gasteiger partial charge in [-0.1, -0.05) is 19.1 Å². The molecule has 13 heavy (non-hydrogen) atoms. The Morgan fingerprint density at radius 2 is 1.77 bits per heavy atom. The van der Waals surface area contributed by atoms with Crippen LogP contribution in [0.1, 0.15) is 26.3 Å². The average molecular weight is 177 g/mol. The maximum absolute atomic E-state index is 2.37. The fourth-order valence-corrected chi connectivity index (χ4v) is 1.56. The van der Waals surface area contributed by atoms with Gasteiger partial charge in [0.25, 0.3) is 0 Å². The Hall–Kier alpha value is -0.980. The summed E-state index contributed by atoms with van der Waals surface area (Å²) in [4.78, 5) is 2.37. The van der Waals surface area contributed by atoms with Gasteiger partial charge in [0, 0.05) is 18.8 Å². The van der Waals surface area contributed by atoms with E-state index in [1.54, 1.807) is 0 Å². The van der Waals surface area contributed by atoms with Crippen LogP contribution in [0.4, 0.5) is 5.69 Å². The molecule has 0 aliphatic carbocycles. The summed E-state index contributed by atoms with van der Waals surface area (Å²) in [5.41, 5.74) is 2.77. The number of hydrogen-bond acceptors (Lipinski definition) is 1. The number of anilines is 1. The number of aryl methyl sites for hydroxylation is 1. The van der Waals surface area contributed by atoms with E-state index in [1.165, 1.54) is 11.3 Å². The van der Waals surface area contributed by atoms with Crippen LogP contribution in [0.5, 0.6) is 0 Å². The molecule has 1 aromatic carbocycles. The second-order valence-electron chi connectivity index (χ2n) is 3.20. The van der Waals surface area contributed by atoms with Crippen molar-refractivity contribution in [2.45, 2.75) is 27.2 Å². The van der Waals surface area contributed by atoms with Crippen LogP contribution in [0.2, 0.25) is 0 Å². The third kappa shape index (κ3) is 2.48. The lowest BCUT2D eigenvalue weighted by molar-refractivity contribution is 0.864. The summed E-state index contributed by atoms with van der Waals surface area (Å²) in [7, 11) is 0. The SMILES string of the molecule is CCc1cccc(N(CC)CC)c1. The zero-order valence-electron chi connectivity index (χ0n) is 8.88. The van der Waals surface area contributed by atoms with E-state index in [0.29, 0.717) is 0 Å². The molecule has 1 aromatic rings. The predicted octanol–water partition coefficient (Wildman–Crippen LogP) is 3.10. The van der Waals surface area contributed by atoms with E-state index < -0.39 is 0 Å². The van der Waals surface area contributed by atoms with E-state index in [-0.39, 0.29) is 0 Å². The monoisotopic (exact) mass is 177 g/mol. The molecule has 0 spiro atoms. The van der Waals surface area contributed by atoms with Crippen LogP contribution < -0.4 is 4.90 Å². The molecule has 0 aliphatic heterocycles. The van der Waals surface area contributed by atoms with Crippen LogP contribution in [0.15, 0.2) is 24.3 Å². The molecule has 0 saturated heterocycles. The Morgan fingerprint density at radius 1 is 1.08 bits per heavy atom. The second kappa shape index (κ2) is 4.90. The van der Waals surface area contributed by atoms with Gasteiger partial charge in [0.2, 0.25) is 0 Å². The minimum Gasteiger partial charge on any atom is -0.372 e. The highest BCUT2D eigenvalue weighted by Crippen LogP contribution is 2.15. The largest absolute Gasteiger partial charge is 0.372 e. The average Bonchev–Trinajstić information content (AvgIpc) is 2.20. The molecule has 0 aliphatic rings. The number of rotatable bonds is 4. The standard InChI is InChI=1S/C12H19N/c1-4-11-8-7-9-12(10-11)13(5-2)6-3/h7-10H,4-6H2,1-3H3. The minimum absolute atomic E-state index is 1.09. The van der Waals surface area contributed by atoms with Gasteiger partial charge in [0.05, 0.1) is 0 Å². The van der Waals surface area contributed by atoms with Crippen LogP contribution in [-0.2, 0) is 6.42 Å². The van der Waals surface area contributed by atoms with Crippen molar-refractivity contribution in [1.82, 2.24) is 0 Å². The topological polar surface area (TPSA) is 3.24 Å². The molecular formula is C12H19N. The van der Waals surface area contributed by atoms with Crippen LogP contribution >= 0.6 is 0 Å². The Morgan fingerprint density at radius 3 is 2.31 bits per heavy atom. The molecule has 0 saturated carbocycles. The van der Waals surface area contributed by atoms with Crippen molar-refractivity contribution in [3.63, 3.8) is 0 Å². The molecule has 0 fully saturated rings. The maximum atomic E-state index is 2.37. The third-order valence-electron chi connectivity index (χ3n) is 2.45. The molecular weight excluding hydrogens is 158 g/mol. The maximum Gasteiger partial charge on any atom is 0.0368 e. The Labute approximate surface area is 81.4 Å². The van der Waals surface area contributed by atoms with Crippen LogP contribution in [0, 0.1) is 0 Å². The molecule has 0 bridgehead atoms. The van der Waals surface area contributed by atoms with Gasteiger partial charge in [-0.3, -0.25) is 0 Å². The van der Waals surface area contributed by atoms with Gasteiger partial charge >= 0.3 is 0 Å². The summed E-state index contributed by atoms with van der Waals surface area (Å²) in [6, 6.07) is 8.80. The highest BCUT2D eigenvalue weighted by atomic mass is 15.1. The van der Waals surface area contributed by atoms with Gasteiger partial charge in [0.15, 0.2) is 0 Å². The van der Waals surface area contributed by atoms with Crippen LogP contribution in [-0.4, -0.2) is 13.1 Å². The summed E-state index contributed by atoms with van der Waals surface area (Å²) >= 11 is 0. The van der Waals surface area contributed by atoms with Gasteiger partial charge in [0.1, 0.15) is 0 Å². The van der Waals surface area contributed by atoms with Gasteiger partial charge in [-0.25, -0.2) is 0 Å². The predicted molar refractivity (Wildman–Crippen MR) is 59.4 cm³/mol. The zero-order chi connectivity index (χ0) is 9.68. The van der Waals surface area contributed by atoms with E-state index in [9.17, 15) is 0 Å². The molecule has 0 unspecified atom stereocenters. The first-order valence-electron chi connectivity index (χ1n) is 5.15. The first-order valence-corrected chi connectivity index (χ1v) is 5.15. The van der Waals surface area contributed by atoms with Gasteiger partial charge in [-0.2, -0.15) is 0 Å². The first-order chi connectivity index (χ1) is 6.31. The van der Waals surface area contributed by atoms with E-state index in [0.717, 1.165) is 19.5 Å². The minimum atomic E-state index is 1.09. The first kappa shape index (κ1) is 10.1.